The molecule has 0 heterocycles. The molecule has 0 saturated carbocycles. The van der Waals surface area contributed by atoms with Crippen molar-refractivity contribution < 1.29 is 0 Å². The quantitative estimate of drug-likeness (QED) is 0.458. The Balaban J connectivity index is 4.68. The molecule has 0 nitrogen and oxygen atoms in total. The molecular weight excluding hydrogens is 163 g/mol. The van der Waals surface area contributed by atoms with E-state index in [-0.39, 0.29) is 0 Å². The van der Waals surface area contributed by atoms with Crippen molar-refractivity contribution in [3.05, 3.63) is 23.8 Å². The van der Waals surface area contributed by atoms with Crippen molar-refractivity contribution in [3.63, 3.8) is 0 Å². The van der Waals surface area contributed by atoms with Gasteiger partial charge in [0, 0.05) is 0 Å². The van der Waals surface area contributed by atoms with Crippen LogP contribution in [0.3, 0.4) is 0 Å². The summed E-state index contributed by atoms with van der Waals surface area (Å²) in [6.07, 6.45) is 2.12. The number of allylic oxidation sites excluding steroid dienone is 3. The fraction of sp³-hybridized carbons (Fsp3) is 0.545. The zero-order valence-electron chi connectivity index (χ0n) is 8.81. The Hall–Kier alpha value is -0.350. The van der Waals surface area contributed by atoms with Crippen molar-refractivity contribution in [2.75, 3.05) is 6.66 Å². The lowest BCUT2D eigenvalue weighted by molar-refractivity contribution is 0.899. The van der Waals surface area contributed by atoms with Crippen LogP contribution >= 0.6 is 8.20 Å². The highest BCUT2D eigenvalue weighted by Gasteiger charge is 2.07. The van der Waals surface area contributed by atoms with Crippen LogP contribution in [0.4, 0.5) is 0 Å². The molecular formula is C11H19P. The Morgan fingerprint density at radius 3 is 2.17 bits per heavy atom. The molecule has 0 fully saturated rings. The van der Waals surface area contributed by atoms with Crippen LogP contribution in [0, 0.1) is 5.92 Å². The van der Waals surface area contributed by atoms with Crippen molar-refractivity contribution in [3.8, 4) is 0 Å². The molecule has 0 rings (SSSR count). The maximum atomic E-state index is 4.11. The molecule has 0 aromatic rings. The first-order valence-corrected chi connectivity index (χ1v) is 5.68. The Kier molecular flexibility index (Phi) is 5.17. The number of hydrogen-bond acceptors (Lipinski definition) is 0. The van der Waals surface area contributed by atoms with Gasteiger partial charge in [0.25, 0.3) is 0 Å². The summed E-state index contributed by atoms with van der Waals surface area (Å²) in [4.78, 5) is 0. The first kappa shape index (κ1) is 11.6. The lowest BCUT2D eigenvalue weighted by Crippen LogP contribution is -2.08. The van der Waals surface area contributed by atoms with Crippen molar-refractivity contribution in [1.82, 2.24) is 0 Å². The molecule has 68 valence electrons. The van der Waals surface area contributed by atoms with Gasteiger partial charge in [-0.25, -0.2) is 0 Å². The van der Waals surface area contributed by atoms with Gasteiger partial charge >= 0.3 is 0 Å². The first-order chi connectivity index (χ1) is 5.54. The molecule has 12 heavy (non-hydrogen) atoms. The number of rotatable bonds is 3. The van der Waals surface area contributed by atoms with Gasteiger partial charge < -0.3 is 0 Å². The average Bonchev–Trinajstić information content (AvgIpc) is 2.03. The van der Waals surface area contributed by atoms with Crippen LogP contribution in [0.15, 0.2) is 23.8 Å². The molecule has 0 unspecified atom stereocenters. The smallest absolute Gasteiger partial charge is 0.0156 e. The molecule has 0 amide bonds. The Morgan fingerprint density at radius 1 is 1.42 bits per heavy atom. The summed E-state index contributed by atoms with van der Waals surface area (Å²) < 4.78 is 0. The van der Waals surface area contributed by atoms with E-state index in [2.05, 4.69) is 47.0 Å². The van der Waals surface area contributed by atoms with Crippen LogP contribution in [0.1, 0.15) is 27.7 Å². The minimum Gasteiger partial charge on any atom is -0.104 e. The highest BCUT2D eigenvalue weighted by molar-refractivity contribution is 7.40. The van der Waals surface area contributed by atoms with E-state index in [9.17, 15) is 0 Å². The van der Waals surface area contributed by atoms with Crippen LogP contribution in [0.25, 0.3) is 0 Å². The van der Waals surface area contributed by atoms with Crippen LogP contribution in [-0.4, -0.2) is 12.0 Å². The van der Waals surface area contributed by atoms with Gasteiger partial charge in [-0.15, -0.1) is 8.20 Å². The van der Waals surface area contributed by atoms with Gasteiger partial charge in [-0.05, 0) is 42.9 Å². The third-order valence-electron chi connectivity index (χ3n) is 2.01. The first-order valence-electron chi connectivity index (χ1n) is 4.33. The fourth-order valence-electron chi connectivity index (χ4n) is 1.12. The van der Waals surface area contributed by atoms with Crippen molar-refractivity contribution >= 4 is 13.5 Å². The summed E-state index contributed by atoms with van der Waals surface area (Å²) >= 11 is 0. The summed E-state index contributed by atoms with van der Waals surface area (Å²) in [5.74, 6) is 0.610. The minimum absolute atomic E-state index is 0.610. The molecule has 0 aliphatic heterocycles. The molecule has 0 aliphatic carbocycles. The second kappa shape index (κ2) is 5.32. The molecule has 0 aromatic heterocycles. The van der Waals surface area contributed by atoms with Crippen LogP contribution < -0.4 is 0 Å². The monoisotopic (exact) mass is 182 g/mol. The van der Waals surface area contributed by atoms with Crippen molar-refractivity contribution in [1.29, 1.82) is 0 Å². The molecule has 0 aliphatic rings. The second-order valence-corrected chi connectivity index (χ2v) is 4.14. The minimum atomic E-state index is 0.610. The van der Waals surface area contributed by atoms with E-state index in [1.807, 2.05) is 0 Å². The Bertz CT molecular complexity index is 219. The molecule has 0 N–H and O–H groups in total. The maximum Gasteiger partial charge on any atom is -0.0156 e. The van der Waals surface area contributed by atoms with Crippen molar-refractivity contribution in [2.24, 2.45) is 5.92 Å². The summed E-state index contributed by atoms with van der Waals surface area (Å²) in [5, 5.41) is 1.45. The van der Waals surface area contributed by atoms with Gasteiger partial charge in [-0.1, -0.05) is 26.5 Å². The molecule has 0 atom stereocenters. The van der Waals surface area contributed by atoms with E-state index >= 15 is 0 Å². The van der Waals surface area contributed by atoms with Gasteiger partial charge in [0.05, 0.1) is 0 Å². The van der Waals surface area contributed by atoms with Gasteiger partial charge in [-0.3, -0.25) is 0 Å². The van der Waals surface area contributed by atoms with E-state index in [0.717, 1.165) is 0 Å². The Morgan fingerprint density at radius 2 is 1.92 bits per heavy atom. The highest BCUT2D eigenvalue weighted by Crippen LogP contribution is 2.18. The highest BCUT2D eigenvalue weighted by atomic mass is 31.1. The SMILES string of the molecule is C=C(C(C)=CC)C(=PC)C(C)C. The van der Waals surface area contributed by atoms with E-state index in [0.29, 0.717) is 5.92 Å². The topological polar surface area (TPSA) is 0 Å². The van der Waals surface area contributed by atoms with Crippen molar-refractivity contribution in [2.45, 2.75) is 27.7 Å². The van der Waals surface area contributed by atoms with Gasteiger partial charge in [0.15, 0.2) is 0 Å². The van der Waals surface area contributed by atoms with E-state index in [1.165, 1.54) is 24.6 Å². The lowest BCUT2D eigenvalue weighted by Gasteiger charge is -2.13. The van der Waals surface area contributed by atoms with Crippen LogP contribution in [0.2, 0.25) is 0 Å². The Labute approximate surface area is 78.2 Å². The molecule has 0 radical (unpaired) electrons. The van der Waals surface area contributed by atoms with Gasteiger partial charge in [0.2, 0.25) is 0 Å². The normalized spacial score (nSPS) is 13.8. The third kappa shape index (κ3) is 2.95. The largest absolute Gasteiger partial charge is 0.104 e. The third-order valence-corrected chi connectivity index (χ3v) is 3.27. The van der Waals surface area contributed by atoms with E-state index in [1.54, 1.807) is 0 Å². The van der Waals surface area contributed by atoms with E-state index < -0.39 is 0 Å². The summed E-state index contributed by atoms with van der Waals surface area (Å²) in [5.41, 5.74) is 2.52. The summed E-state index contributed by atoms with van der Waals surface area (Å²) in [6, 6.07) is 0. The standard InChI is InChI=1S/C11H19P/c1-7-9(4)10(5)11(12-6)8(2)3/h7-8H,5H2,1-4,6H3. The number of hydrogen-bond donors (Lipinski definition) is 0. The average molecular weight is 182 g/mol. The predicted molar refractivity (Wildman–Crippen MR) is 61.3 cm³/mol. The lowest BCUT2D eigenvalue weighted by atomic mass is 9.98. The van der Waals surface area contributed by atoms with Gasteiger partial charge in [0.1, 0.15) is 0 Å². The van der Waals surface area contributed by atoms with Crippen LogP contribution in [0.5, 0.6) is 0 Å². The second-order valence-electron chi connectivity index (χ2n) is 3.21. The van der Waals surface area contributed by atoms with Gasteiger partial charge in [-0.2, -0.15) is 0 Å². The predicted octanol–water partition coefficient (Wildman–Crippen LogP) is 3.91. The zero-order valence-corrected chi connectivity index (χ0v) is 9.70. The molecule has 0 saturated heterocycles. The zero-order chi connectivity index (χ0) is 9.72. The summed E-state index contributed by atoms with van der Waals surface area (Å²) in [7, 11) is 1.34. The molecule has 1 heteroatoms. The molecule has 0 spiro atoms. The van der Waals surface area contributed by atoms with Crippen LogP contribution in [-0.2, 0) is 0 Å². The fourth-order valence-corrected chi connectivity index (χ4v) is 2.08. The summed E-state index contributed by atoms with van der Waals surface area (Å²) in [6.45, 7) is 14.9. The maximum absolute atomic E-state index is 4.11. The van der Waals surface area contributed by atoms with E-state index in [4.69, 9.17) is 0 Å². The molecule has 0 bridgehead atoms. The molecule has 0 aromatic carbocycles.